The second-order valence-electron chi connectivity index (χ2n) is 2.19. The molecule has 0 saturated heterocycles. The third-order valence-corrected chi connectivity index (χ3v) is 2.64. The molecule has 1 aromatic heterocycles. The fraction of sp³-hybridized carbons (Fsp3) is 0.286. The van der Waals surface area contributed by atoms with Crippen LogP contribution in [0.5, 0.6) is 5.75 Å². The Bertz CT molecular complexity index is 394. The second-order valence-corrected chi connectivity index (χ2v) is 4.73. The van der Waals surface area contributed by atoms with Crippen molar-refractivity contribution in [1.29, 1.82) is 0 Å². The number of rotatable bonds is 3. The number of ether oxygens (including phenoxy) is 1. The zero-order valence-corrected chi connectivity index (χ0v) is 9.69. The van der Waals surface area contributed by atoms with Crippen molar-refractivity contribution in [3.63, 3.8) is 0 Å². The van der Waals surface area contributed by atoms with Crippen molar-refractivity contribution in [2.24, 2.45) is 0 Å². The van der Waals surface area contributed by atoms with Gasteiger partial charge in [-0.15, -0.1) is 12.4 Å². The van der Waals surface area contributed by atoms with E-state index in [0.29, 0.717) is 6.61 Å². The Morgan fingerprint density at radius 2 is 2.21 bits per heavy atom. The van der Waals surface area contributed by atoms with Crippen LogP contribution in [0.15, 0.2) is 23.4 Å². The van der Waals surface area contributed by atoms with E-state index >= 15 is 0 Å². The van der Waals surface area contributed by atoms with Crippen molar-refractivity contribution < 1.29 is 13.2 Å². The van der Waals surface area contributed by atoms with Gasteiger partial charge in [-0.3, -0.25) is 4.98 Å². The maximum atomic E-state index is 11.0. The van der Waals surface area contributed by atoms with Gasteiger partial charge >= 0.3 is 0 Å². The lowest BCUT2D eigenvalue weighted by molar-refractivity contribution is 0.331. The Labute approximate surface area is 93.1 Å². The lowest BCUT2D eigenvalue weighted by Gasteiger charge is -2.05. The first-order valence-corrected chi connectivity index (χ1v) is 5.88. The van der Waals surface area contributed by atoms with E-state index in [9.17, 15) is 8.42 Å². The highest BCUT2D eigenvalue weighted by atomic mass is 35.7. The zero-order valence-electron chi connectivity index (χ0n) is 7.31. The van der Waals surface area contributed by atoms with Gasteiger partial charge in [-0.2, -0.15) is 0 Å². The Balaban J connectivity index is 0.00000169. The van der Waals surface area contributed by atoms with Gasteiger partial charge in [0.15, 0.2) is 0 Å². The van der Waals surface area contributed by atoms with Crippen LogP contribution in [0.3, 0.4) is 0 Å². The molecule has 0 aliphatic heterocycles. The molecule has 0 unspecified atom stereocenters. The summed E-state index contributed by atoms with van der Waals surface area (Å²) in [7, 11) is 1.38. The largest absolute Gasteiger partial charge is 0.492 e. The Morgan fingerprint density at radius 3 is 2.71 bits per heavy atom. The average molecular weight is 258 g/mol. The Morgan fingerprint density at radius 1 is 1.57 bits per heavy atom. The van der Waals surface area contributed by atoms with Crippen molar-refractivity contribution >= 4 is 32.1 Å². The van der Waals surface area contributed by atoms with E-state index in [1.165, 1.54) is 12.3 Å². The summed E-state index contributed by atoms with van der Waals surface area (Å²) in [6, 6.07) is 1.46. The first kappa shape index (κ1) is 13.5. The van der Waals surface area contributed by atoms with Gasteiger partial charge in [-0.25, -0.2) is 8.42 Å². The molecule has 4 nitrogen and oxygen atoms in total. The molecule has 1 aromatic rings. The van der Waals surface area contributed by atoms with Gasteiger partial charge < -0.3 is 4.74 Å². The summed E-state index contributed by atoms with van der Waals surface area (Å²) in [5.74, 6) is 0.229. The molecule has 0 atom stereocenters. The first-order valence-electron chi connectivity index (χ1n) is 3.57. The van der Waals surface area contributed by atoms with Crippen molar-refractivity contribution in [2.45, 2.75) is 11.8 Å². The number of nitrogens with zero attached hydrogens (tertiary/aromatic N) is 1. The third kappa shape index (κ3) is 3.32. The van der Waals surface area contributed by atoms with Gasteiger partial charge in [0.05, 0.1) is 12.8 Å². The number of aromatic nitrogens is 1. The van der Waals surface area contributed by atoms with Gasteiger partial charge in [0.25, 0.3) is 9.05 Å². The molecule has 0 aliphatic rings. The SMILES string of the molecule is CCOc1ccncc1S(=O)(=O)Cl.Cl. The monoisotopic (exact) mass is 257 g/mol. The molecule has 0 N–H and O–H groups in total. The summed E-state index contributed by atoms with van der Waals surface area (Å²) in [6.07, 6.45) is 2.60. The predicted octanol–water partition coefficient (Wildman–Crippen LogP) is 1.83. The van der Waals surface area contributed by atoms with Crippen LogP contribution >= 0.6 is 23.1 Å². The van der Waals surface area contributed by atoms with Crippen molar-refractivity contribution in [3.05, 3.63) is 18.5 Å². The summed E-state index contributed by atoms with van der Waals surface area (Å²) in [5.41, 5.74) is 0. The standard InChI is InChI=1S/C7H8ClNO3S.ClH/c1-2-12-6-3-4-9-5-7(6)13(8,10)11;/h3-5H,2H2,1H3;1H. The molecule has 0 aliphatic carbocycles. The minimum Gasteiger partial charge on any atom is -0.492 e. The summed E-state index contributed by atoms with van der Waals surface area (Å²) in [4.78, 5) is 3.55. The Kier molecular flexibility index (Phi) is 5.18. The molecule has 80 valence electrons. The Hall–Kier alpha value is -0.520. The van der Waals surface area contributed by atoms with E-state index in [0.717, 1.165) is 6.20 Å². The first-order chi connectivity index (χ1) is 6.05. The quantitative estimate of drug-likeness (QED) is 0.776. The normalized spacial score (nSPS) is 10.4. The van der Waals surface area contributed by atoms with Crippen LogP contribution in [-0.4, -0.2) is 20.0 Å². The van der Waals surface area contributed by atoms with Crippen molar-refractivity contribution in [2.75, 3.05) is 6.61 Å². The summed E-state index contributed by atoms with van der Waals surface area (Å²) in [6.45, 7) is 2.13. The maximum Gasteiger partial charge on any atom is 0.266 e. The lowest BCUT2D eigenvalue weighted by Crippen LogP contribution is -1.99. The van der Waals surface area contributed by atoms with E-state index in [1.54, 1.807) is 6.92 Å². The topological polar surface area (TPSA) is 56.3 Å². The fourth-order valence-corrected chi connectivity index (χ4v) is 1.73. The third-order valence-electron chi connectivity index (χ3n) is 1.31. The fourth-order valence-electron chi connectivity index (χ4n) is 0.825. The van der Waals surface area contributed by atoms with Crippen LogP contribution < -0.4 is 4.74 Å². The van der Waals surface area contributed by atoms with Crippen LogP contribution in [0, 0.1) is 0 Å². The predicted molar refractivity (Wildman–Crippen MR) is 55.7 cm³/mol. The highest BCUT2D eigenvalue weighted by molar-refractivity contribution is 8.13. The van der Waals surface area contributed by atoms with Gasteiger partial charge in [0.2, 0.25) is 0 Å². The van der Waals surface area contributed by atoms with E-state index in [-0.39, 0.29) is 23.1 Å². The van der Waals surface area contributed by atoms with E-state index in [2.05, 4.69) is 4.98 Å². The van der Waals surface area contributed by atoms with Gasteiger partial charge in [0, 0.05) is 16.9 Å². The molecule has 14 heavy (non-hydrogen) atoms. The van der Waals surface area contributed by atoms with Crippen molar-refractivity contribution in [3.8, 4) is 5.75 Å². The lowest BCUT2D eigenvalue weighted by atomic mass is 10.4. The average Bonchev–Trinajstić information content (AvgIpc) is 2.04. The van der Waals surface area contributed by atoms with Crippen LogP contribution in [0.2, 0.25) is 0 Å². The molecule has 0 amide bonds. The van der Waals surface area contributed by atoms with Crippen molar-refractivity contribution in [1.82, 2.24) is 4.98 Å². The molecule has 0 fully saturated rings. The maximum absolute atomic E-state index is 11.0. The molecular weight excluding hydrogens is 249 g/mol. The number of pyridine rings is 1. The highest BCUT2D eigenvalue weighted by Crippen LogP contribution is 2.24. The molecule has 0 aromatic carbocycles. The highest BCUT2D eigenvalue weighted by Gasteiger charge is 2.16. The number of hydrogen-bond donors (Lipinski definition) is 0. The van der Waals surface area contributed by atoms with Gasteiger partial charge in [0.1, 0.15) is 10.6 Å². The van der Waals surface area contributed by atoms with Gasteiger partial charge in [-0.1, -0.05) is 0 Å². The van der Waals surface area contributed by atoms with Crippen LogP contribution in [0.4, 0.5) is 0 Å². The molecular formula is C7H9Cl2NO3S. The number of hydrogen-bond acceptors (Lipinski definition) is 4. The smallest absolute Gasteiger partial charge is 0.266 e. The number of halogens is 2. The van der Waals surface area contributed by atoms with Gasteiger partial charge in [-0.05, 0) is 13.0 Å². The minimum atomic E-state index is -3.77. The molecule has 1 rings (SSSR count). The van der Waals surface area contributed by atoms with E-state index in [4.69, 9.17) is 15.4 Å². The molecule has 7 heteroatoms. The van der Waals surface area contributed by atoms with Crippen LogP contribution in [0.25, 0.3) is 0 Å². The minimum absolute atomic E-state index is 0. The summed E-state index contributed by atoms with van der Waals surface area (Å²) < 4.78 is 27.0. The summed E-state index contributed by atoms with van der Waals surface area (Å²) in [5, 5.41) is 0. The molecule has 0 saturated carbocycles. The molecule has 0 spiro atoms. The zero-order chi connectivity index (χ0) is 9.90. The summed E-state index contributed by atoms with van der Waals surface area (Å²) >= 11 is 0. The second kappa shape index (κ2) is 5.38. The van der Waals surface area contributed by atoms with E-state index in [1.807, 2.05) is 0 Å². The molecule has 1 heterocycles. The molecule has 0 radical (unpaired) electrons. The van der Waals surface area contributed by atoms with Crippen LogP contribution in [0.1, 0.15) is 6.92 Å². The van der Waals surface area contributed by atoms with E-state index < -0.39 is 9.05 Å². The molecule has 0 bridgehead atoms. The van der Waals surface area contributed by atoms with Crippen LogP contribution in [-0.2, 0) is 9.05 Å².